The summed E-state index contributed by atoms with van der Waals surface area (Å²) >= 11 is 0. The Hall–Kier alpha value is -3.96. The molecule has 0 aliphatic carbocycles. The number of carbonyl (C=O) groups excluding carboxylic acids is 2. The van der Waals surface area contributed by atoms with Crippen LogP contribution in [0, 0.1) is 16.0 Å². The molecule has 3 N–H and O–H groups in total. The number of anilines is 2. The molecule has 0 aliphatic heterocycles. The van der Waals surface area contributed by atoms with Crippen molar-refractivity contribution in [2.75, 3.05) is 23.8 Å². The van der Waals surface area contributed by atoms with Crippen LogP contribution >= 0.6 is 0 Å². The summed E-state index contributed by atoms with van der Waals surface area (Å²) in [6, 6.07) is 3.19. The Morgan fingerprint density at radius 1 is 1.21 bits per heavy atom. The van der Waals surface area contributed by atoms with Gasteiger partial charge in [-0.05, 0) is 25.3 Å². The Bertz CT molecular complexity index is 1200. The SMILES string of the molecule is CCCCN(C(=O)c1cc(C(=O)OCC)cc([N+](=O)[O-])c1)c1c(N)n(CC(C)C)c(=O)[nH]c1=O. The number of H-pyrrole nitrogens is 1. The van der Waals surface area contributed by atoms with Crippen molar-refractivity contribution in [2.45, 2.75) is 47.1 Å². The Labute approximate surface area is 195 Å². The number of benzene rings is 1. The quantitative estimate of drug-likeness (QED) is 0.299. The van der Waals surface area contributed by atoms with E-state index in [1.165, 1.54) is 10.6 Å². The van der Waals surface area contributed by atoms with Gasteiger partial charge in [-0.2, -0.15) is 0 Å². The van der Waals surface area contributed by atoms with Gasteiger partial charge in [-0.1, -0.05) is 27.2 Å². The van der Waals surface area contributed by atoms with Crippen molar-refractivity contribution < 1.29 is 19.2 Å². The number of carbonyl (C=O) groups is 2. The van der Waals surface area contributed by atoms with E-state index in [1.807, 2.05) is 20.8 Å². The number of nitro groups is 1. The minimum atomic E-state index is -0.858. The topological polar surface area (TPSA) is 171 Å². The number of nitrogen functional groups attached to an aromatic ring is 1. The number of rotatable bonds is 10. The van der Waals surface area contributed by atoms with Crippen molar-refractivity contribution in [1.82, 2.24) is 9.55 Å². The van der Waals surface area contributed by atoms with Gasteiger partial charge in [0.1, 0.15) is 5.82 Å². The van der Waals surface area contributed by atoms with E-state index >= 15 is 0 Å². The summed E-state index contributed by atoms with van der Waals surface area (Å²) in [4.78, 5) is 64.8. The number of nitro benzene ring substituents is 1. The van der Waals surface area contributed by atoms with Crippen molar-refractivity contribution in [3.05, 3.63) is 60.3 Å². The molecule has 1 aromatic heterocycles. The van der Waals surface area contributed by atoms with Gasteiger partial charge in [0.05, 0.1) is 17.1 Å². The highest BCUT2D eigenvalue weighted by molar-refractivity contribution is 6.08. The van der Waals surface area contributed by atoms with Gasteiger partial charge in [0.2, 0.25) is 0 Å². The van der Waals surface area contributed by atoms with E-state index in [9.17, 15) is 29.3 Å². The molecule has 0 spiro atoms. The minimum Gasteiger partial charge on any atom is -0.462 e. The molecule has 0 atom stereocenters. The summed E-state index contributed by atoms with van der Waals surface area (Å²) in [5.41, 5.74) is 3.52. The van der Waals surface area contributed by atoms with Gasteiger partial charge < -0.3 is 15.4 Å². The Morgan fingerprint density at radius 2 is 1.85 bits per heavy atom. The average Bonchev–Trinajstić information content (AvgIpc) is 2.77. The third-order valence-corrected chi connectivity index (χ3v) is 4.90. The summed E-state index contributed by atoms with van der Waals surface area (Å²) in [6.45, 7) is 7.47. The fourth-order valence-corrected chi connectivity index (χ4v) is 3.34. The zero-order valence-corrected chi connectivity index (χ0v) is 19.6. The van der Waals surface area contributed by atoms with Crippen LogP contribution in [0.1, 0.15) is 61.3 Å². The minimum absolute atomic E-state index is 0.0162. The number of esters is 1. The molecule has 184 valence electrons. The Balaban J connectivity index is 2.71. The van der Waals surface area contributed by atoms with E-state index in [0.717, 1.165) is 17.0 Å². The van der Waals surface area contributed by atoms with Crippen LogP contribution in [0.2, 0.25) is 0 Å². The van der Waals surface area contributed by atoms with Crippen molar-refractivity contribution in [2.24, 2.45) is 5.92 Å². The van der Waals surface area contributed by atoms with Crippen LogP contribution in [-0.4, -0.2) is 39.5 Å². The second kappa shape index (κ2) is 11.3. The van der Waals surface area contributed by atoms with E-state index < -0.39 is 33.7 Å². The van der Waals surface area contributed by atoms with Gasteiger partial charge in [-0.3, -0.25) is 29.3 Å². The molecule has 0 unspecified atom stereocenters. The third kappa shape index (κ3) is 5.88. The highest BCUT2D eigenvalue weighted by Crippen LogP contribution is 2.24. The highest BCUT2D eigenvalue weighted by atomic mass is 16.6. The maximum absolute atomic E-state index is 13.5. The molecule has 2 aromatic rings. The normalized spacial score (nSPS) is 10.9. The molecular weight excluding hydrogens is 446 g/mol. The number of unbranched alkanes of at least 4 members (excludes halogenated alkanes) is 1. The number of hydrogen-bond donors (Lipinski definition) is 2. The highest BCUT2D eigenvalue weighted by Gasteiger charge is 2.27. The number of ether oxygens (including phenoxy) is 1. The predicted molar refractivity (Wildman–Crippen MR) is 126 cm³/mol. The molecular formula is C22H29N5O7. The van der Waals surface area contributed by atoms with Gasteiger partial charge in [-0.25, -0.2) is 9.59 Å². The van der Waals surface area contributed by atoms with Gasteiger partial charge in [-0.15, -0.1) is 0 Å². The largest absolute Gasteiger partial charge is 0.462 e. The number of aromatic amines is 1. The summed E-state index contributed by atoms with van der Waals surface area (Å²) in [5, 5.41) is 11.4. The predicted octanol–water partition coefficient (Wildman–Crippen LogP) is 2.31. The Morgan fingerprint density at radius 3 is 2.41 bits per heavy atom. The second-order valence-corrected chi connectivity index (χ2v) is 8.05. The molecule has 12 nitrogen and oxygen atoms in total. The fraction of sp³-hybridized carbons (Fsp3) is 0.455. The number of nitrogens with zero attached hydrogens (tertiary/aromatic N) is 3. The molecule has 0 saturated carbocycles. The molecule has 0 bridgehead atoms. The summed E-state index contributed by atoms with van der Waals surface area (Å²) in [7, 11) is 0. The van der Waals surface area contributed by atoms with Crippen molar-refractivity contribution in [3.8, 4) is 0 Å². The molecule has 0 saturated heterocycles. The van der Waals surface area contributed by atoms with Crippen LogP contribution < -0.4 is 21.9 Å². The van der Waals surface area contributed by atoms with Crippen LogP contribution in [0.15, 0.2) is 27.8 Å². The standard InChI is InChI=1S/C22H29N5O7/c1-5-7-8-25(17-18(23)26(12-13(3)4)22(31)24-19(17)28)20(29)14-9-15(21(30)34-6-2)11-16(10-14)27(32)33/h9-11,13H,5-8,12,23H2,1-4H3,(H,24,28,31). The maximum Gasteiger partial charge on any atom is 0.338 e. The maximum atomic E-state index is 13.5. The summed E-state index contributed by atoms with van der Waals surface area (Å²) in [5.74, 6) is -1.79. The first-order valence-electron chi connectivity index (χ1n) is 10.9. The number of aromatic nitrogens is 2. The molecule has 0 fully saturated rings. The van der Waals surface area contributed by atoms with E-state index in [-0.39, 0.29) is 48.2 Å². The molecule has 1 amide bonds. The van der Waals surface area contributed by atoms with Gasteiger partial charge >= 0.3 is 11.7 Å². The lowest BCUT2D eigenvalue weighted by Gasteiger charge is -2.25. The molecule has 1 heterocycles. The van der Waals surface area contributed by atoms with Crippen molar-refractivity contribution in [3.63, 3.8) is 0 Å². The molecule has 1 aromatic carbocycles. The van der Waals surface area contributed by atoms with Gasteiger partial charge in [0.25, 0.3) is 17.2 Å². The smallest absolute Gasteiger partial charge is 0.338 e. The number of nitrogens with two attached hydrogens (primary N) is 1. The van der Waals surface area contributed by atoms with Crippen LogP contribution in [-0.2, 0) is 11.3 Å². The lowest BCUT2D eigenvalue weighted by atomic mass is 10.1. The van der Waals surface area contributed by atoms with Crippen LogP contribution in [0.25, 0.3) is 0 Å². The number of amides is 1. The van der Waals surface area contributed by atoms with Crippen LogP contribution in [0.5, 0.6) is 0 Å². The van der Waals surface area contributed by atoms with E-state index in [1.54, 1.807) is 6.92 Å². The second-order valence-electron chi connectivity index (χ2n) is 8.05. The third-order valence-electron chi connectivity index (χ3n) is 4.90. The number of nitrogens with one attached hydrogen (secondary N) is 1. The first-order chi connectivity index (χ1) is 16.0. The van der Waals surface area contributed by atoms with E-state index in [0.29, 0.717) is 12.8 Å². The first kappa shape index (κ1) is 26.3. The van der Waals surface area contributed by atoms with Crippen molar-refractivity contribution in [1.29, 1.82) is 0 Å². The summed E-state index contributed by atoms with van der Waals surface area (Å²) in [6.07, 6.45) is 1.14. The lowest BCUT2D eigenvalue weighted by Crippen LogP contribution is -2.42. The average molecular weight is 476 g/mol. The lowest BCUT2D eigenvalue weighted by molar-refractivity contribution is -0.384. The first-order valence-corrected chi connectivity index (χ1v) is 10.9. The van der Waals surface area contributed by atoms with Crippen molar-refractivity contribution >= 4 is 29.1 Å². The zero-order valence-electron chi connectivity index (χ0n) is 19.6. The van der Waals surface area contributed by atoms with Crippen LogP contribution in [0.3, 0.4) is 0 Å². The van der Waals surface area contributed by atoms with E-state index in [4.69, 9.17) is 10.5 Å². The monoisotopic (exact) mass is 475 g/mol. The molecule has 0 aliphatic rings. The molecule has 34 heavy (non-hydrogen) atoms. The molecule has 12 heteroatoms. The number of non-ortho nitro benzene ring substituents is 1. The van der Waals surface area contributed by atoms with Gasteiger partial charge in [0.15, 0.2) is 5.69 Å². The van der Waals surface area contributed by atoms with Gasteiger partial charge in [0, 0.05) is 30.8 Å². The Kier molecular flexibility index (Phi) is 8.70. The zero-order chi connectivity index (χ0) is 25.6. The van der Waals surface area contributed by atoms with E-state index in [2.05, 4.69) is 4.98 Å². The van der Waals surface area contributed by atoms with Crippen LogP contribution in [0.4, 0.5) is 17.2 Å². The summed E-state index contributed by atoms with van der Waals surface area (Å²) < 4.78 is 6.08. The molecule has 0 radical (unpaired) electrons. The fourth-order valence-electron chi connectivity index (χ4n) is 3.34. The number of hydrogen-bond acceptors (Lipinski definition) is 8. The molecule has 2 rings (SSSR count).